The highest BCUT2D eigenvalue weighted by molar-refractivity contribution is 5.47. The van der Waals surface area contributed by atoms with Crippen molar-refractivity contribution >= 4 is 5.82 Å². The van der Waals surface area contributed by atoms with Crippen molar-refractivity contribution in [2.45, 2.75) is 31.7 Å². The standard InChI is InChI=1S/C18H21N3O2/c1-22-16-4-2-3-13-9-12(11-23-18(13)16)10-15-7-8-17(21-20-15)19-14-5-6-14/h2-4,7-8,12,14H,5-6,9-11H2,1H3,(H,19,21)/t12-/m1/s1. The van der Waals surface area contributed by atoms with E-state index in [0.717, 1.165) is 35.9 Å². The molecule has 2 heterocycles. The van der Waals surface area contributed by atoms with Gasteiger partial charge in [0.25, 0.3) is 0 Å². The highest BCUT2D eigenvalue weighted by atomic mass is 16.5. The van der Waals surface area contributed by atoms with Gasteiger partial charge in [0.1, 0.15) is 5.82 Å². The number of anilines is 1. The summed E-state index contributed by atoms with van der Waals surface area (Å²) in [6, 6.07) is 10.8. The minimum atomic E-state index is 0.422. The normalized spacial score (nSPS) is 19.6. The molecular formula is C18H21N3O2. The Morgan fingerprint density at radius 2 is 2.13 bits per heavy atom. The van der Waals surface area contributed by atoms with Crippen molar-refractivity contribution < 1.29 is 9.47 Å². The highest BCUT2D eigenvalue weighted by Gasteiger charge is 2.24. The van der Waals surface area contributed by atoms with E-state index in [1.807, 2.05) is 18.2 Å². The van der Waals surface area contributed by atoms with Crippen molar-refractivity contribution in [3.05, 3.63) is 41.6 Å². The maximum absolute atomic E-state index is 5.93. The fourth-order valence-corrected chi connectivity index (χ4v) is 3.03. The first kappa shape index (κ1) is 14.3. The Balaban J connectivity index is 1.41. The molecule has 0 unspecified atom stereocenters. The van der Waals surface area contributed by atoms with Crippen molar-refractivity contribution in [3.63, 3.8) is 0 Å². The molecule has 0 saturated heterocycles. The zero-order valence-corrected chi connectivity index (χ0v) is 13.3. The Hall–Kier alpha value is -2.30. The Bertz CT molecular complexity index is 683. The van der Waals surface area contributed by atoms with Gasteiger partial charge in [-0.2, -0.15) is 5.10 Å². The zero-order valence-electron chi connectivity index (χ0n) is 13.3. The van der Waals surface area contributed by atoms with Gasteiger partial charge in [-0.1, -0.05) is 12.1 Å². The van der Waals surface area contributed by atoms with Crippen LogP contribution in [0.3, 0.4) is 0 Å². The van der Waals surface area contributed by atoms with Gasteiger partial charge in [-0.3, -0.25) is 0 Å². The van der Waals surface area contributed by atoms with Crippen LogP contribution in [-0.2, 0) is 12.8 Å². The van der Waals surface area contributed by atoms with Gasteiger partial charge < -0.3 is 14.8 Å². The van der Waals surface area contributed by atoms with Gasteiger partial charge in [0.15, 0.2) is 11.5 Å². The zero-order chi connectivity index (χ0) is 15.6. The Labute approximate surface area is 136 Å². The third-order valence-corrected chi connectivity index (χ3v) is 4.40. The van der Waals surface area contributed by atoms with Crippen LogP contribution in [0.15, 0.2) is 30.3 Å². The third kappa shape index (κ3) is 3.23. The quantitative estimate of drug-likeness (QED) is 0.920. The number of methoxy groups -OCH3 is 1. The lowest BCUT2D eigenvalue weighted by molar-refractivity contribution is 0.210. The lowest BCUT2D eigenvalue weighted by Crippen LogP contribution is -2.23. The van der Waals surface area contributed by atoms with E-state index in [0.29, 0.717) is 18.6 Å². The third-order valence-electron chi connectivity index (χ3n) is 4.40. The van der Waals surface area contributed by atoms with Crippen LogP contribution < -0.4 is 14.8 Å². The molecule has 1 saturated carbocycles. The molecule has 0 spiro atoms. The molecule has 1 fully saturated rings. The largest absolute Gasteiger partial charge is 0.493 e. The molecule has 5 nitrogen and oxygen atoms in total. The second-order valence-corrected chi connectivity index (χ2v) is 6.36. The van der Waals surface area contributed by atoms with Gasteiger partial charge in [-0.25, -0.2) is 0 Å². The lowest BCUT2D eigenvalue weighted by atomic mass is 9.92. The van der Waals surface area contributed by atoms with E-state index >= 15 is 0 Å². The van der Waals surface area contributed by atoms with Gasteiger partial charge >= 0.3 is 0 Å². The Morgan fingerprint density at radius 3 is 2.87 bits per heavy atom. The summed E-state index contributed by atoms with van der Waals surface area (Å²) in [7, 11) is 1.68. The van der Waals surface area contributed by atoms with Crippen LogP contribution in [0.5, 0.6) is 11.5 Å². The van der Waals surface area contributed by atoms with Crippen LogP contribution in [0.2, 0.25) is 0 Å². The second-order valence-electron chi connectivity index (χ2n) is 6.36. The van der Waals surface area contributed by atoms with Crippen molar-refractivity contribution in [1.82, 2.24) is 10.2 Å². The Kier molecular flexibility index (Phi) is 3.77. The number of benzene rings is 1. The fourth-order valence-electron chi connectivity index (χ4n) is 3.03. The van der Waals surface area contributed by atoms with E-state index < -0.39 is 0 Å². The predicted molar refractivity (Wildman–Crippen MR) is 88.1 cm³/mol. The van der Waals surface area contributed by atoms with E-state index in [4.69, 9.17) is 9.47 Å². The summed E-state index contributed by atoms with van der Waals surface area (Å²) in [4.78, 5) is 0. The number of para-hydroxylation sites is 1. The van der Waals surface area contributed by atoms with E-state index in [-0.39, 0.29) is 0 Å². The van der Waals surface area contributed by atoms with Crippen molar-refractivity contribution in [2.75, 3.05) is 19.0 Å². The molecule has 4 rings (SSSR count). The molecule has 2 aliphatic rings. The molecule has 1 atom stereocenters. The Morgan fingerprint density at radius 1 is 1.22 bits per heavy atom. The van der Waals surface area contributed by atoms with Gasteiger partial charge in [0, 0.05) is 12.0 Å². The summed E-state index contributed by atoms with van der Waals surface area (Å²) < 4.78 is 11.3. The molecule has 5 heteroatoms. The highest BCUT2D eigenvalue weighted by Crippen LogP contribution is 2.36. The van der Waals surface area contributed by atoms with E-state index in [1.165, 1.54) is 18.4 Å². The van der Waals surface area contributed by atoms with E-state index in [2.05, 4.69) is 27.6 Å². The van der Waals surface area contributed by atoms with Gasteiger partial charge in [0.05, 0.1) is 19.4 Å². The summed E-state index contributed by atoms with van der Waals surface area (Å²) in [6.45, 7) is 0.692. The van der Waals surface area contributed by atoms with Crippen molar-refractivity contribution in [2.24, 2.45) is 5.92 Å². The average molecular weight is 311 g/mol. The molecule has 1 aliphatic carbocycles. The van der Waals surface area contributed by atoms with Crippen LogP contribution in [0.1, 0.15) is 24.1 Å². The van der Waals surface area contributed by atoms with Crippen LogP contribution in [0.25, 0.3) is 0 Å². The van der Waals surface area contributed by atoms with Crippen LogP contribution in [0, 0.1) is 5.92 Å². The first-order valence-electron chi connectivity index (χ1n) is 8.19. The fraction of sp³-hybridized carbons (Fsp3) is 0.444. The summed E-state index contributed by atoms with van der Waals surface area (Å²) in [6.07, 6.45) is 4.35. The molecule has 2 aromatic rings. The number of hydrogen-bond donors (Lipinski definition) is 1. The number of hydrogen-bond acceptors (Lipinski definition) is 5. The summed E-state index contributed by atoms with van der Waals surface area (Å²) in [5, 5.41) is 12.0. The molecule has 1 aromatic heterocycles. The summed E-state index contributed by atoms with van der Waals surface area (Å²) in [5.74, 6) is 3.01. The summed E-state index contributed by atoms with van der Waals surface area (Å²) in [5.41, 5.74) is 2.23. The molecule has 0 bridgehead atoms. The molecule has 1 N–H and O–H groups in total. The number of ether oxygens (including phenoxy) is 2. The molecule has 1 aromatic carbocycles. The number of nitrogens with one attached hydrogen (secondary N) is 1. The second kappa shape index (κ2) is 6.07. The van der Waals surface area contributed by atoms with E-state index in [1.54, 1.807) is 7.11 Å². The van der Waals surface area contributed by atoms with Crippen molar-refractivity contribution in [1.29, 1.82) is 0 Å². The first-order chi connectivity index (χ1) is 11.3. The molecule has 0 radical (unpaired) electrons. The predicted octanol–water partition coefficient (Wildman–Crippen LogP) is 2.85. The van der Waals surface area contributed by atoms with Gasteiger partial charge in [-0.05, 0) is 49.4 Å². The number of nitrogens with zero attached hydrogens (tertiary/aromatic N) is 2. The molecular weight excluding hydrogens is 290 g/mol. The minimum Gasteiger partial charge on any atom is -0.493 e. The van der Waals surface area contributed by atoms with Crippen molar-refractivity contribution in [3.8, 4) is 11.5 Å². The topological polar surface area (TPSA) is 56.3 Å². The molecule has 120 valence electrons. The molecule has 1 aliphatic heterocycles. The van der Waals surface area contributed by atoms with Gasteiger partial charge in [0.2, 0.25) is 0 Å². The minimum absolute atomic E-state index is 0.422. The number of fused-ring (bicyclic) bond motifs is 1. The number of rotatable bonds is 5. The van der Waals surface area contributed by atoms with Gasteiger partial charge in [-0.15, -0.1) is 5.10 Å². The molecule has 0 amide bonds. The van der Waals surface area contributed by atoms with Crippen LogP contribution >= 0.6 is 0 Å². The molecule has 23 heavy (non-hydrogen) atoms. The average Bonchev–Trinajstić information content (AvgIpc) is 3.40. The van der Waals surface area contributed by atoms with Crippen LogP contribution in [0.4, 0.5) is 5.82 Å². The van der Waals surface area contributed by atoms with Crippen LogP contribution in [-0.4, -0.2) is 30.0 Å². The maximum Gasteiger partial charge on any atom is 0.164 e. The summed E-state index contributed by atoms with van der Waals surface area (Å²) >= 11 is 0. The SMILES string of the molecule is COc1cccc2c1OC[C@@H](Cc1ccc(NC3CC3)nn1)C2. The smallest absolute Gasteiger partial charge is 0.164 e. The number of aromatic nitrogens is 2. The monoisotopic (exact) mass is 311 g/mol. The first-order valence-corrected chi connectivity index (χ1v) is 8.19. The van der Waals surface area contributed by atoms with E-state index in [9.17, 15) is 0 Å². The lowest BCUT2D eigenvalue weighted by Gasteiger charge is -2.26. The maximum atomic E-state index is 5.93.